The van der Waals surface area contributed by atoms with Gasteiger partial charge in [-0.25, -0.2) is 0 Å². The molecule has 2 atom stereocenters. The summed E-state index contributed by atoms with van der Waals surface area (Å²) in [5, 5.41) is 11.6. The lowest BCUT2D eigenvalue weighted by Crippen LogP contribution is -2.31. The highest BCUT2D eigenvalue weighted by atomic mass is 19.4. The first-order valence-electron chi connectivity index (χ1n) is 8.49. The number of nitrogens with zero attached hydrogens (tertiary/aromatic N) is 1. The van der Waals surface area contributed by atoms with Gasteiger partial charge in [0.15, 0.2) is 18.1 Å². The Morgan fingerprint density at radius 2 is 2.04 bits per heavy atom. The highest BCUT2D eigenvalue weighted by Crippen LogP contribution is 2.42. The van der Waals surface area contributed by atoms with Crippen LogP contribution in [0.15, 0.2) is 42.5 Å². The third kappa shape index (κ3) is 4.55. The average Bonchev–Trinajstić information content (AvgIpc) is 3.44. The van der Waals surface area contributed by atoms with Crippen molar-refractivity contribution in [3.63, 3.8) is 0 Å². The third-order valence-corrected chi connectivity index (χ3v) is 4.43. The van der Waals surface area contributed by atoms with Crippen molar-refractivity contribution in [2.75, 3.05) is 13.7 Å². The normalized spacial score (nSPS) is 18.1. The number of carbonyl (C=O) groups excluding carboxylic acids is 1. The zero-order chi connectivity index (χ0) is 20.3. The van der Waals surface area contributed by atoms with E-state index >= 15 is 0 Å². The van der Waals surface area contributed by atoms with Crippen molar-refractivity contribution in [1.82, 2.24) is 5.32 Å². The van der Waals surface area contributed by atoms with Crippen molar-refractivity contribution >= 4 is 5.91 Å². The molecule has 0 radical (unpaired) electrons. The average molecular weight is 390 g/mol. The molecule has 1 fully saturated rings. The number of amides is 1. The maximum atomic E-state index is 12.8. The molecular weight excluding hydrogens is 373 g/mol. The predicted molar refractivity (Wildman–Crippen MR) is 93.9 cm³/mol. The maximum absolute atomic E-state index is 12.8. The molecule has 146 valence electrons. The van der Waals surface area contributed by atoms with Gasteiger partial charge in [0.1, 0.15) is 0 Å². The summed E-state index contributed by atoms with van der Waals surface area (Å²) in [4.78, 5) is 12.1. The molecule has 0 unspecified atom stereocenters. The number of carbonyl (C=O) groups is 1. The first-order chi connectivity index (χ1) is 13.3. The minimum absolute atomic E-state index is 0.143. The van der Waals surface area contributed by atoms with Crippen LogP contribution in [0.25, 0.3) is 0 Å². The summed E-state index contributed by atoms with van der Waals surface area (Å²) in [6.07, 6.45) is -3.81. The van der Waals surface area contributed by atoms with Crippen LogP contribution < -0.4 is 14.8 Å². The van der Waals surface area contributed by atoms with Crippen LogP contribution in [-0.4, -0.2) is 25.7 Å². The molecule has 1 aliphatic rings. The molecule has 5 nitrogen and oxygen atoms in total. The molecule has 0 bridgehead atoms. The van der Waals surface area contributed by atoms with Crippen LogP contribution in [0.5, 0.6) is 11.5 Å². The molecule has 0 heterocycles. The first kappa shape index (κ1) is 19.5. The summed E-state index contributed by atoms with van der Waals surface area (Å²) >= 11 is 0. The lowest BCUT2D eigenvalue weighted by atomic mass is 10.1. The summed E-state index contributed by atoms with van der Waals surface area (Å²) in [6.45, 7) is -0.270. The molecule has 28 heavy (non-hydrogen) atoms. The minimum atomic E-state index is -4.39. The van der Waals surface area contributed by atoms with Gasteiger partial charge < -0.3 is 14.8 Å². The van der Waals surface area contributed by atoms with Gasteiger partial charge >= 0.3 is 6.18 Å². The monoisotopic (exact) mass is 390 g/mol. The van der Waals surface area contributed by atoms with Crippen molar-refractivity contribution in [3.8, 4) is 17.6 Å². The Morgan fingerprint density at radius 1 is 1.25 bits per heavy atom. The van der Waals surface area contributed by atoms with Gasteiger partial charge in [0.2, 0.25) is 0 Å². The highest BCUT2D eigenvalue weighted by molar-refractivity contribution is 5.78. The molecule has 8 heteroatoms. The predicted octanol–water partition coefficient (Wildman–Crippen LogP) is 3.64. The third-order valence-electron chi connectivity index (χ3n) is 4.43. The molecule has 3 rings (SSSR count). The van der Waals surface area contributed by atoms with Crippen LogP contribution in [0, 0.1) is 11.3 Å². The second kappa shape index (κ2) is 7.80. The van der Waals surface area contributed by atoms with Gasteiger partial charge in [-0.1, -0.05) is 18.2 Å². The second-order valence-corrected chi connectivity index (χ2v) is 6.41. The number of halogens is 3. The molecule has 0 aliphatic heterocycles. The van der Waals surface area contributed by atoms with E-state index in [0.717, 1.165) is 12.1 Å². The van der Waals surface area contributed by atoms with Crippen LogP contribution in [-0.2, 0) is 11.0 Å². The van der Waals surface area contributed by atoms with E-state index in [2.05, 4.69) is 5.32 Å². The van der Waals surface area contributed by atoms with Crippen molar-refractivity contribution in [2.45, 2.75) is 24.6 Å². The Morgan fingerprint density at radius 3 is 2.71 bits per heavy atom. The number of rotatable bonds is 6. The molecule has 0 aromatic heterocycles. The van der Waals surface area contributed by atoms with Crippen molar-refractivity contribution in [2.24, 2.45) is 0 Å². The summed E-state index contributed by atoms with van der Waals surface area (Å²) in [5.41, 5.74) is 0.253. The van der Waals surface area contributed by atoms with Crippen LogP contribution in [0.2, 0.25) is 0 Å². The number of nitriles is 1. The molecule has 0 spiro atoms. The SMILES string of the molecule is COc1cc(C#N)ccc1OCC(=O)N[C@@H]1C[C@H]1c1cccc(C(F)(F)F)c1. The lowest BCUT2D eigenvalue weighted by Gasteiger charge is -2.11. The number of ether oxygens (including phenoxy) is 2. The van der Waals surface area contributed by atoms with E-state index in [0.29, 0.717) is 29.0 Å². The number of hydrogen-bond acceptors (Lipinski definition) is 4. The molecule has 1 aliphatic carbocycles. The summed E-state index contributed by atoms with van der Waals surface area (Å²) < 4.78 is 49.0. The molecule has 1 saturated carbocycles. The van der Waals surface area contributed by atoms with E-state index in [1.807, 2.05) is 6.07 Å². The summed E-state index contributed by atoms with van der Waals surface area (Å²) in [6, 6.07) is 11.5. The number of hydrogen-bond donors (Lipinski definition) is 1. The Bertz CT molecular complexity index is 922. The maximum Gasteiger partial charge on any atom is 0.416 e. The van der Waals surface area contributed by atoms with E-state index in [-0.39, 0.29) is 24.5 Å². The van der Waals surface area contributed by atoms with Crippen molar-refractivity contribution < 1.29 is 27.4 Å². The number of benzene rings is 2. The molecular formula is C20H17F3N2O3. The van der Waals surface area contributed by atoms with Crippen LogP contribution in [0.3, 0.4) is 0 Å². The topological polar surface area (TPSA) is 71.3 Å². The lowest BCUT2D eigenvalue weighted by molar-refractivity contribution is -0.137. The Hall–Kier alpha value is -3.21. The largest absolute Gasteiger partial charge is 0.493 e. The first-order valence-corrected chi connectivity index (χ1v) is 8.49. The van der Waals surface area contributed by atoms with Gasteiger partial charge in [-0.15, -0.1) is 0 Å². The zero-order valence-corrected chi connectivity index (χ0v) is 14.9. The van der Waals surface area contributed by atoms with E-state index in [1.165, 1.54) is 25.3 Å². The molecule has 1 N–H and O–H groups in total. The molecule has 0 saturated heterocycles. The number of alkyl halides is 3. The van der Waals surface area contributed by atoms with Gasteiger partial charge in [-0.3, -0.25) is 4.79 Å². The van der Waals surface area contributed by atoms with Gasteiger partial charge in [0, 0.05) is 18.0 Å². The quantitative estimate of drug-likeness (QED) is 0.818. The Balaban J connectivity index is 1.54. The van der Waals surface area contributed by atoms with Gasteiger partial charge in [-0.2, -0.15) is 18.4 Å². The van der Waals surface area contributed by atoms with Crippen molar-refractivity contribution in [3.05, 3.63) is 59.2 Å². The smallest absolute Gasteiger partial charge is 0.416 e. The highest BCUT2D eigenvalue weighted by Gasteiger charge is 2.40. The zero-order valence-electron chi connectivity index (χ0n) is 14.9. The number of nitrogens with one attached hydrogen (secondary N) is 1. The standard InChI is InChI=1S/C20H17F3N2O3/c1-27-18-7-12(10-24)5-6-17(18)28-11-19(26)25-16-9-15(16)13-3-2-4-14(8-13)20(21,22)23/h2-8,15-16H,9,11H2,1H3,(H,25,26)/t15-,16+/m0/s1. The number of methoxy groups -OCH3 is 1. The van der Waals surface area contributed by atoms with E-state index < -0.39 is 11.7 Å². The fraction of sp³-hybridized carbons (Fsp3) is 0.300. The fourth-order valence-electron chi connectivity index (χ4n) is 2.92. The van der Waals surface area contributed by atoms with Crippen LogP contribution >= 0.6 is 0 Å². The van der Waals surface area contributed by atoms with E-state index in [1.54, 1.807) is 12.1 Å². The van der Waals surface area contributed by atoms with Crippen molar-refractivity contribution in [1.29, 1.82) is 5.26 Å². The summed E-state index contributed by atoms with van der Waals surface area (Å²) in [5.74, 6) is 0.128. The van der Waals surface area contributed by atoms with Gasteiger partial charge in [0.05, 0.1) is 24.3 Å². The Kier molecular flexibility index (Phi) is 5.45. The Labute approximate surface area is 159 Å². The van der Waals surface area contributed by atoms with Crippen LogP contribution in [0.4, 0.5) is 13.2 Å². The van der Waals surface area contributed by atoms with E-state index in [4.69, 9.17) is 14.7 Å². The molecule has 2 aromatic rings. The van der Waals surface area contributed by atoms with Gasteiger partial charge in [0.25, 0.3) is 5.91 Å². The van der Waals surface area contributed by atoms with Crippen LogP contribution in [0.1, 0.15) is 29.0 Å². The molecule has 1 amide bonds. The molecule has 2 aromatic carbocycles. The summed E-state index contributed by atoms with van der Waals surface area (Å²) in [7, 11) is 1.42. The minimum Gasteiger partial charge on any atom is -0.493 e. The second-order valence-electron chi connectivity index (χ2n) is 6.41. The van der Waals surface area contributed by atoms with E-state index in [9.17, 15) is 18.0 Å². The van der Waals surface area contributed by atoms with Gasteiger partial charge in [-0.05, 0) is 30.2 Å². The fourth-order valence-corrected chi connectivity index (χ4v) is 2.92.